The van der Waals surface area contributed by atoms with E-state index in [1.54, 1.807) is 18.2 Å². The van der Waals surface area contributed by atoms with E-state index in [9.17, 15) is 9.59 Å². The van der Waals surface area contributed by atoms with Crippen molar-refractivity contribution in [2.24, 2.45) is 0 Å². The molecule has 23 heavy (non-hydrogen) atoms. The number of hydrogen-bond donors (Lipinski definition) is 3. The summed E-state index contributed by atoms with van der Waals surface area (Å²) >= 11 is 0. The monoisotopic (exact) mass is 307 g/mol. The predicted octanol–water partition coefficient (Wildman–Crippen LogP) is 2.78. The van der Waals surface area contributed by atoms with E-state index in [0.29, 0.717) is 16.8 Å². The number of anilines is 1. The molecule has 0 aliphatic rings. The summed E-state index contributed by atoms with van der Waals surface area (Å²) in [4.78, 5) is 29.0. The highest BCUT2D eigenvalue weighted by Gasteiger charge is 2.07. The van der Waals surface area contributed by atoms with E-state index >= 15 is 0 Å². The zero-order chi connectivity index (χ0) is 15.8. The summed E-state index contributed by atoms with van der Waals surface area (Å²) in [6.45, 7) is 0. The van der Waals surface area contributed by atoms with Crippen molar-refractivity contribution < 1.29 is 9.21 Å². The summed E-state index contributed by atoms with van der Waals surface area (Å²) in [7, 11) is 0. The molecule has 6 nitrogen and oxygen atoms in total. The Morgan fingerprint density at radius 2 is 2.00 bits per heavy atom. The van der Waals surface area contributed by atoms with Crippen molar-refractivity contribution in [2.45, 2.75) is 6.42 Å². The van der Waals surface area contributed by atoms with Crippen LogP contribution < -0.4 is 11.1 Å². The van der Waals surface area contributed by atoms with E-state index in [0.717, 1.165) is 16.5 Å². The fourth-order valence-corrected chi connectivity index (χ4v) is 2.63. The average molecular weight is 307 g/mol. The highest BCUT2D eigenvalue weighted by Crippen LogP contribution is 2.18. The van der Waals surface area contributed by atoms with Gasteiger partial charge in [-0.25, -0.2) is 4.79 Å². The van der Waals surface area contributed by atoms with Crippen molar-refractivity contribution in [3.63, 3.8) is 0 Å². The van der Waals surface area contributed by atoms with Crippen LogP contribution in [0.4, 0.5) is 5.69 Å². The Balaban J connectivity index is 1.52. The Morgan fingerprint density at radius 3 is 2.91 bits per heavy atom. The number of carbonyl (C=O) groups excluding carboxylic acids is 1. The van der Waals surface area contributed by atoms with Crippen LogP contribution >= 0.6 is 0 Å². The van der Waals surface area contributed by atoms with Gasteiger partial charge in [0.2, 0.25) is 5.91 Å². The number of amides is 1. The molecule has 0 radical (unpaired) electrons. The lowest BCUT2D eigenvalue weighted by molar-refractivity contribution is -0.115. The summed E-state index contributed by atoms with van der Waals surface area (Å²) in [5.74, 6) is -0.635. The van der Waals surface area contributed by atoms with E-state index in [4.69, 9.17) is 4.42 Å². The van der Waals surface area contributed by atoms with Gasteiger partial charge in [0.25, 0.3) is 0 Å². The quantitative estimate of drug-likeness (QED) is 0.543. The van der Waals surface area contributed by atoms with Crippen molar-refractivity contribution in [3.05, 3.63) is 64.8 Å². The van der Waals surface area contributed by atoms with Crippen LogP contribution in [0.2, 0.25) is 0 Å². The smallest absolute Gasteiger partial charge is 0.408 e. The maximum absolute atomic E-state index is 12.2. The Kier molecular flexibility index (Phi) is 3.01. The minimum atomic E-state index is -0.511. The van der Waals surface area contributed by atoms with Gasteiger partial charge in [-0.3, -0.25) is 9.78 Å². The number of oxazole rings is 1. The molecule has 6 heteroatoms. The molecule has 114 valence electrons. The second-order valence-corrected chi connectivity index (χ2v) is 5.35. The van der Waals surface area contributed by atoms with Crippen molar-refractivity contribution in [2.75, 3.05) is 5.32 Å². The summed E-state index contributed by atoms with van der Waals surface area (Å²) in [6.07, 6.45) is 2.14. The lowest BCUT2D eigenvalue weighted by atomic mass is 10.1. The van der Waals surface area contributed by atoms with E-state index in [1.165, 1.54) is 0 Å². The molecule has 0 spiro atoms. The number of carbonyl (C=O) groups is 1. The molecule has 0 aliphatic heterocycles. The van der Waals surface area contributed by atoms with Crippen LogP contribution in [0, 0.1) is 0 Å². The highest BCUT2D eigenvalue weighted by atomic mass is 16.4. The van der Waals surface area contributed by atoms with Crippen LogP contribution in [-0.2, 0) is 11.2 Å². The zero-order valence-electron chi connectivity index (χ0n) is 12.1. The highest BCUT2D eigenvalue weighted by molar-refractivity contribution is 5.94. The number of fused-ring (bicyclic) bond motifs is 2. The van der Waals surface area contributed by atoms with Crippen LogP contribution in [0.3, 0.4) is 0 Å². The van der Waals surface area contributed by atoms with Crippen LogP contribution in [0.15, 0.2) is 57.9 Å². The van der Waals surface area contributed by atoms with Crippen LogP contribution in [0.5, 0.6) is 0 Å². The van der Waals surface area contributed by atoms with Gasteiger partial charge in [-0.05, 0) is 41.3 Å². The predicted molar refractivity (Wildman–Crippen MR) is 87.5 cm³/mol. The molecule has 2 heterocycles. The maximum Gasteiger partial charge on any atom is 0.417 e. The normalized spacial score (nSPS) is 11.1. The van der Waals surface area contributed by atoms with Gasteiger partial charge in [0.05, 0.1) is 11.9 Å². The Hall–Kier alpha value is -3.28. The molecule has 0 unspecified atom stereocenters. The molecule has 4 rings (SSSR count). The van der Waals surface area contributed by atoms with Crippen LogP contribution in [-0.4, -0.2) is 15.9 Å². The van der Waals surface area contributed by atoms with Crippen molar-refractivity contribution in [1.82, 2.24) is 9.97 Å². The van der Waals surface area contributed by atoms with Crippen molar-refractivity contribution in [1.29, 1.82) is 0 Å². The fourth-order valence-electron chi connectivity index (χ4n) is 2.63. The third-order valence-electron chi connectivity index (χ3n) is 3.69. The molecule has 0 bridgehead atoms. The van der Waals surface area contributed by atoms with Crippen molar-refractivity contribution in [3.8, 4) is 0 Å². The molecule has 0 aliphatic carbocycles. The molecule has 3 N–H and O–H groups in total. The van der Waals surface area contributed by atoms with Gasteiger partial charge in [-0.15, -0.1) is 0 Å². The molecule has 1 amide bonds. The Morgan fingerprint density at radius 1 is 1.09 bits per heavy atom. The van der Waals surface area contributed by atoms with Gasteiger partial charge >= 0.3 is 5.76 Å². The zero-order valence-corrected chi connectivity index (χ0v) is 12.1. The molecule has 0 fully saturated rings. The lowest BCUT2D eigenvalue weighted by Gasteiger charge is -2.05. The van der Waals surface area contributed by atoms with Crippen LogP contribution in [0.25, 0.3) is 22.0 Å². The van der Waals surface area contributed by atoms with Crippen LogP contribution in [0.1, 0.15) is 5.56 Å². The SMILES string of the molecule is O=C(Cc1ccc2cc[nH]c2c1)Nc1ccc2oc(=O)[nH]c2c1. The molecule has 2 aromatic carbocycles. The topological polar surface area (TPSA) is 90.9 Å². The summed E-state index contributed by atoms with van der Waals surface area (Å²) in [5.41, 5.74) is 3.56. The van der Waals surface area contributed by atoms with E-state index in [-0.39, 0.29) is 12.3 Å². The first-order valence-corrected chi connectivity index (χ1v) is 7.16. The number of aromatic nitrogens is 2. The minimum Gasteiger partial charge on any atom is -0.408 e. The third-order valence-corrected chi connectivity index (χ3v) is 3.69. The van der Waals surface area contributed by atoms with Gasteiger partial charge < -0.3 is 14.7 Å². The lowest BCUT2D eigenvalue weighted by Crippen LogP contribution is -2.14. The van der Waals surface area contributed by atoms with E-state index in [1.807, 2.05) is 30.5 Å². The van der Waals surface area contributed by atoms with Gasteiger partial charge in [0, 0.05) is 17.4 Å². The number of benzene rings is 2. The van der Waals surface area contributed by atoms with Crippen molar-refractivity contribution >= 4 is 33.6 Å². The fraction of sp³-hybridized carbons (Fsp3) is 0.0588. The molecule has 0 saturated carbocycles. The standard InChI is InChI=1S/C17H13N3O3/c21-16(8-10-1-2-11-5-6-18-13(11)7-10)19-12-3-4-15-14(9-12)20-17(22)23-15/h1-7,9,18H,8H2,(H,19,21)(H,20,22). The molecule has 4 aromatic rings. The summed E-state index contributed by atoms with van der Waals surface area (Å²) < 4.78 is 4.93. The first kappa shape index (κ1) is 13.4. The van der Waals surface area contributed by atoms with Gasteiger partial charge in [-0.1, -0.05) is 12.1 Å². The first-order chi connectivity index (χ1) is 11.2. The maximum atomic E-state index is 12.2. The van der Waals surface area contributed by atoms with Gasteiger partial charge in [0.15, 0.2) is 5.58 Å². The largest absolute Gasteiger partial charge is 0.417 e. The number of aromatic amines is 2. The molecular weight excluding hydrogens is 294 g/mol. The van der Waals surface area contributed by atoms with Gasteiger partial charge in [-0.2, -0.15) is 0 Å². The minimum absolute atomic E-state index is 0.124. The summed E-state index contributed by atoms with van der Waals surface area (Å²) in [5, 5.41) is 3.94. The van der Waals surface area contributed by atoms with E-state index in [2.05, 4.69) is 15.3 Å². The second kappa shape index (κ2) is 5.17. The number of rotatable bonds is 3. The third kappa shape index (κ3) is 2.62. The second-order valence-electron chi connectivity index (χ2n) is 5.35. The molecule has 2 aromatic heterocycles. The molecule has 0 saturated heterocycles. The molecular formula is C17H13N3O3. The Labute approximate surface area is 130 Å². The Bertz CT molecular complexity index is 1070. The van der Waals surface area contributed by atoms with Gasteiger partial charge in [0.1, 0.15) is 0 Å². The number of nitrogens with one attached hydrogen (secondary N) is 3. The first-order valence-electron chi connectivity index (χ1n) is 7.16. The number of H-pyrrole nitrogens is 2. The van der Waals surface area contributed by atoms with E-state index < -0.39 is 5.76 Å². The molecule has 0 atom stereocenters. The number of hydrogen-bond acceptors (Lipinski definition) is 3. The average Bonchev–Trinajstić information content (AvgIpc) is 3.11. The summed E-state index contributed by atoms with van der Waals surface area (Å²) in [6, 6.07) is 12.9.